The number of amides is 1. The van der Waals surface area contributed by atoms with Gasteiger partial charge in [-0.2, -0.15) is 31.4 Å². The van der Waals surface area contributed by atoms with Gasteiger partial charge in [0.15, 0.2) is 5.82 Å². The number of carbonyl (C=O) groups is 1. The molecule has 3 rings (SSSR count). The molecule has 0 unspecified atom stereocenters. The zero-order chi connectivity index (χ0) is 19.1. The Morgan fingerprint density at radius 3 is 2.12 bits per heavy atom. The maximum absolute atomic E-state index is 12.8. The van der Waals surface area contributed by atoms with Crippen molar-refractivity contribution in [2.24, 2.45) is 0 Å². The minimum atomic E-state index is -4.95. The van der Waals surface area contributed by atoms with Crippen LogP contribution in [0.15, 0.2) is 24.3 Å². The molecule has 0 aliphatic heterocycles. The predicted molar refractivity (Wildman–Crippen MR) is 79.3 cm³/mol. The van der Waals surface area contributed by atoms with Gasteiger partial charge < -0.3 is 5.32 Å². The predicted octanol–water partition coefficient (Wildman–Crippen LogP) is 4.51. The number of aromatic amines is 1. The maximum Gasteiger partial charge on any atom is 0.416 e. The number of nitrogens with zero attached hydrogens (tertiary/aromatic N) is 1. The molecule has 140 valence electrons. The van der Waals surface area contributed by atoms with E-state index in [1.165, 1.54) is 0 Å². The van der Waals surface area contributed by atoms with Crippen LogP contribution in [0.3, 0.4) is 0 Å². The number of alkyl halides is 6. The van der Waals surface area contributed by atoms with E-state index in [9.17, 15) is 31.1 Å². The van der Waals surface area contributed by atoms with E-state index in [1.54, 1.807) is 6.07 Å². The minimum Gasteiger partial charge on any atom is -0.309 e. The average molecular weight is 377 g/mol. The van der Waals surface area contributed by atoms with Gasteiger partial charge in [-0.1, -0.05) is 0 Å². The van der Waals surface area contributed by atoms with Crippen molar-refractivity contribution >= 4 is 11.7 Å². The molecule has 2 aromatic rings. The Kier molecular flexibility index (Phi) is 4.45. The first kappa shape index (κ1) is 18.3. The molecular formula is C16H13F6N3O. The van der Waals surface area contributed by atoms with E-state index in [1.807, 2.05) is 0 Å². The van der Waals surface area contributed by atoms with E-state index >= 15 is 0 Å². The number of carbonyl (C=O) groups excluding carboxylic acids is 1. The molecule has 1 heterocycles. The zero-order valence-electron chi connectivity index (χ0n) is 13.1. The van der Waals surface area contributed by atoms with Gasteiger partial charge in [0.25, 0.3) is 0 Å². The summed E-state index contributed by atoms with van der Waals surface area (Å²) in [5.74, 6) is -0.225. The number of nitrogens with one attached hydrogen (secondary N) is 2. The summed E-state index contributed by atoms with van der Waals surface area (Å²) in [6.07, 6.45) is -8.54. The highest BCUT2D eigenvalue weighted by molar-refractivity contribution is 5.91. The summed E-state index contributed by atoms with van der Waals surface area (Å²) >= 11 is 0. The molecule has 4 nitrogen and oxygen atoms in total. The molecule has 10 heteroatoms. The average Bonchev–Trinajstić information content (AvgIpc) is 3.25. The van der Waals surface area contributed by atoms with E-state index in [4.69, 9.17) is 0 Å². The van der Waals surface area contributed by atoms with E-state index in [0.717, 1.165) is 18.5 Å². The van der Waals surface area contributed by atoms with Crippen LogP contribution < -0.4 is 5.32 Å². The first-order valence-corrected chi connectivity index (χ1v) is 7.66. The lowest BCUT2D eigenvalue weighted by Gasteiger charge is -2.14. The topological polar surface area (TPSA) is 57.8 Å². The van der Waals surface area contributed by atoms with Crippen LogP contribution in [0.2, 0.25) is 0 Å². The van der Waals surface area contributed by atoms with Gasteiger partial charge in [-0.15, -0.1) is 0 Å². The van der Waals surface area contributed by atoms with Crippen LogP contribution in [0.1, 0.15) is 41.1 Å². The van der Waals surface area contributed by atoms with Crippen LogP contribution in [-0.4, -0.2) is 16.1 Å². The molecule has 1 fully saturated rings. The highest BCUT2D eigenvalue weighted by Gasteiger charge is 2.37. The summed E-state index contributed by atoms with van der Waals surface area (Å²) in [6, 6.07) is 2.70. The van der Waals surface area contributed by atoms with Crippen molar-refractivity contribution in [3.63, 3.8) is 0 Å². The van der Waals surface area contributed by atoms with E-state index < -0.39 is 35.8 Å². The van der Waals surface area contributed by atoms with Crippen molar-refractivity contribution in [2.75, 3.05) is 5.32 Å². The third-order valence-corrected chi connectivity index (χ3v) is 3.89. The number of benzene rings is 1. The summed E-state index contributed by atoms with van der Waals surface area (Å²) in [6.45, 7) is 0. The first-order chi connectivity index (χ1) is 12.0. The van der Waals surface area contributed by atoms with Crippen molar-refractivity contribution in [1.29, 1.82) is 0 Å². The molecule has 0 radical (unpaired) electrons. The standard InChI is InChI=1S/C16H13F6N3O/c17-15(18,19)10-3-8(4-11(6-10)16(20,21)22)5-14(26)23-13-7-12(24-25-13)9-1-2-9/h3-4,6-7,9H,1-2,5H2,(H2,23,24,25,26). The van der Waals surface area contributed by atoms with E-state index in [-0.39, 0.29) is 17.4 Å². The Morgan fingerprint density at radius 2 is 1.62 bits per heavy atom. The molecule has 0 saturated heterocycles. The molecule has 26 heavy (non-hydrogen) atoms. The van der Waals surface area contributed by atoms with Crippen molar-refractivity contribution in [3.8, 4) is 0 Å². The SMILES string of the molecule is O=C(Cc1cc(C(F)(F)F)cc(C(F)(F)F)c1)Nc1cc(C2CC2)[nH]n1. The molecular weight excluding hydrogens is 364 g/mol. The summed E-state index contributed by atoms with van der Waals surface area (Å²) < 4.78 is 76.9. The second-order valence-corrected chi connectivity index (χ2v) is 6.12. The highest BCUT2D eigenvalue weighted by atomic mass is 19.4. The number of rotatable bonds is 4. The van der Waals surface area contributed by atoms with Crippen LogP contribution in [0.5, 0.6) is 0 Å². The van der Waals surface area contributed by atoms with Crippen molar-refractivity contribution in [3.05, 3.63) is 46.6 Å². The Labute approximate surface area is 143 Å². The molecule has 1 aromatic heterocycles. The Balaban J connectivity index is 1.77. The second-order valence-electron chi connectivity index (χ2n) is 6.12. The number of aromatic nitrogens is 2. The van der Waals surface area contributed by atoms with Gasteiger partial charge in [-0.3, -0.25) is 9.89 Å². The molecule has 1 amide bonds. The molecule has 1 aliphatic rings. The van der Waals surface area contributed by atoms with E-state index in [0.29, 0.717) is 18.1 Å². The lowest BCUT2D eigenvalue weighted by molar-refractivity contribution is -0.143. The van der Waals surface area contributed by atoms with Crippen LogP contribution >= 0.6 is 0 Å². The molecule has 0 atom stereocenters. The number of hydrogen-bond donors (Lipinski definition) is 2. The maximum atomic E-state index is 12.8. The molecule has 2 N–H and O–H groups in total. The third-order valence-electron chi connectivity index (χ3n) is 3.89. The van der Waals surface area contributed by atoms with Gasteiger partial charge in [0.05, 0.1) is 17.5 Å². The summed E-state index contributed by atoms with van der Waals surface area (Å²) in [7, 11) is 0. The molecule has 1 aliphatic carbocycles. The lowest BCUT2D eigenvalue weighted by atomic mass is 10.0. The van der Waals surface area contributed by atoms with Gasteiger partial charge in [-0.25, -0.2) is 0 Å². The van der Waals surface area contributed by atoms with Crippen molar-refractivity contribution < 1.29 is 31.1 Å². The van der Waals surface area contributed by atoms with Gasteiger partial charge in [-0.05, 0) is 36.6 Å². The lowest BCUT2D eigenvalue weighted by Crippen LogP contribution is -2.17. The quantitative estimate of drug-likeness (QED) is 0.771. The fourth-order valence-corrected chi connectivity index (χ4v) is 2.50. The fourth-order valence-electron chi connectivity index (χ4n) is 2.50. The van der Waals surface area contributed by atoms with Gasteiger partial charge >= 0.3 is 12.4 Å². The number of halogens is 6. The number of H-pyrrole nitrogens is 1. The van der Waals surface area contributed by atoms with Crippen molar-refractivity contribution in [1.82, 2.24) is 10.2 Å². The number of anilines is 1. The van der Waals surface area contributed by atoms with Gasteiger partial charge in [0.2, 0.25) is 5.91 Å². The van der Waals surface area contributed by atoms with Gasteiger partial charge in [0, 0.05) is 17.7 Å². The number of hydrogen-bond acceptors (Lipinski definition) is 2. The largest absolute Gasteiger partial charge is 0.416 e. The summed E-state index contributed by atoms with van der Waals surface area (Å²) in [5.41, 5.74) is -2.46. The smallest absolute Gasteiger partial charge is 0.309 e. The normalized spacial score (nSPS) is 15.2. The van der Waals surface area contributed by atoms with E-state index in [2.05, 4.69) is 15.5 Å². The monoisotopic (exact) mass is 377 g/mol. The van der Waals surface area contributed by atoms with Crippen LogP contribution in [0.25, 0.3) is 0 Å². The zero-order valence-corrected chi connectivity index (χ0v) is 13.1. The summed E-state index contributed by atoms with van der Waals surface area (Å²) in [4.78, 5) is 12.0. The van der Waals surface area contributed by atoms with Crippen LogP contribution in [0, 0.1) is 0 Å². The van der Waals surface area contributed by atoms with Crippen LogP contribution in [0.4, 0.5) is 32.2 Å². The van der Waals surface area contributed by atoms with Crippen molar-refractivity contribution in [2.45, 2.75) is 37.5 Å². The summed E-state index contributed by atoms with van der Waals surface area (Å²) in [5, 5.41) is 8.95. The minimum absolute atomic E-state index is 0.0248. The Hall–Kier alpha value is -2.52. The third kappa shape index (κ3) is 4.36. The highest BCUT2D eigenvalue weighted by Crippen LogP contribution is 2.39. The van der Waals surface area contributed by atoms with Crippen LogP contribution in [-0.2, 0) is 23.6 Å². The fraction of sp³-hybridized carbons (Fsp3) is 0.375. The molecule has 0 spiro atoms. The molecule has 1 aromatic carbocycles. The first-order valence-electron chi connectivity index (χ1n) is 7.66. The molecule has 0 bridgehead atoms. The Bertz CT molecular complexity index is 788. The second kappa shape index (κ2) is 6.33. The molecule has 1 saturated carbocycles. The Morgan fingerprint density at radius 1 is 1.04 bits per heavy atom. The van der Waals surface area contributed by atoms with Gasteiger partial charge in [0.1, 0.15) is 0 Å².